The molecule has 102 valence electrons. The van der Waals surface area contributed by atoms with Crippen LogP contribution in [0, 0.1) is 5.92 Å². The lowest BCUT2D eigenvalue weighted by molar-refractivity contribution is -0.117. The van der Waals surface area contributed by atoms with E-state index in [0.29, 0.717) is 19.1 Å². The van der Waals surface area contributed by atoms with E-state index in [2.05, 4.69) is 11.4 Å². The fourth-order valence-electron chi connectivity index (χ4n) is 2.30. The van der Waals surface area contributed by atoms with Gasteiger partial charge in [0.2, 0.25) is 5.91 Å². The molecule has 19 heavy (non-hydrogen) atoms. The lowest BCUT2D eigenvalue weighted by Crippen LogP contribution is -2.35. The molecule has 0 fully saturated rings. The largest absolute Gasteiger partial charge is 0.493 e. The van der Waals surface area contributed by atoms with Crippen molar-refractivity contribution in [1.82, 2.24) is 5.32 Å². The summed E-state index contributed by atoms with van der Waals surface area (Å²) in [5, 5.41) is 2.98. The fourth-order valence-corrected chi connectivity index (χ4v) is 2.30. The monoisotopic (exact) mass is 259 g/mol. The van der Waals surface area contributed by atoms with Gasteiger partial charge in [-0.2, -0.15) is 0 Å². The number of nitrogens with one attached hydrogen (secondary N) is 1. The molecule has 0 spiro atoms. The van der Waals surface area contributed by atoms with Gasteiger partial charge in [0, 0.05) is 18.0 Å². The minimum atomic E-state index is 0.0284. The quantitative estimate of drug-likeness (QED) is 0.844. The van der Waals surface area contributed by atoms with E-state index in [4.69, 9.17) is 4.74 Å². The number of rotatable bonds is 4. The summed E-state index contributed by atoms with van der Waals surface area (Å²) < 4.78 is 5.71. The number of para-hydroxylation sites is 1. The van der Waals surface area contributed by atoms with Gasteiger partial charge in [0.25, 0.3) is 0 Å². The average Bonchev–Trinajstić information content (AvgIpc) is 2.44. The highest BCUT2D eigenvalue weighted by Gasteiger charge is 2.19. The Labute approximate surface area is 114 Å². The van der Waals surface area contributed by atoms with Crippen LogP contribution in [0.4, 0.5) is 0 Å². The lowest BCUT2D eigenvalue weighted by atomic mass is 9.96. The number of benzene rings is 1. The van der Waals surface area contributed by atoms with Crippen molar-refractivity contribution in [2.75, 3.05) is 13.2 Å². The third-order valence-electron chi connectivity index (χ3n) is 3.38. The van der Waals surface area contributed by atoms with Crippen LogP contribution in [0.15, 0.2) is 35.9 Å². The molecule has 0 saturated heterocycles. The van der Waals surface area contributed by atoms with Gasteiger partial charge in [-0.25, -0.2) is 0 Å². The molecule has 1 aromatic rings. The smallest absolute Gasteiger partial charge is 0.246 e. The SMILES string of the molecule is CCC=C(C)C(=O)NCC1COc2ccccc2C1. The van der Waals surface area contributed by atoms with Crippen molar-refractivity contribution in [3.63, 3.8) is 0 Å². The minimum absolute atomic E-state index is 0.0284. The lowest BCUT2D eigenvalue weighted by Gasteiger charge is -2.25. The molecule has 0 aliphatic carbocycles. The molecule has 1 N–H and O–H groups in total. The molecule has 0 bridgehead atoms. The van der Waals surface area contributed by atoms with E-state index in [1.807, 2.05) is 38.1 Å². The summed E-state index contributed by atoms with van der Waals surface area (Å²) in [5.74, 6) is 1.36. The first-order valence-corrected chi connectivity index (χ1v) is 6.86. The third kappa shape index (κ3) is 3.60. The highest BCUT2D eigenvalue weighted by molar-refractivity contribution is 5.92. The first-order chi connectivity index (χ1) is 9.20. The van der Waals surface area contributed by atoms with Crippen LogP contribution >= 0.6 is 0 Å². The number of fused-ring (bicyclic) bond motifs is 1. The average molecular weight is 259 g/mol. The zero-order valence-electron chi connectivity index (χ0n) is 11.6. The summed E-state index contributed by atoms with van der Waals surface area (Å²) in [6, 6.07) is 8.10. The molecule has 1 aliphatic rings. The first-order valence-electron chi connectivity index (χ1n) is 6.86. The van der Waals surface area contributed by atoms with Crippen molar-refractivity contribution >= 4 is 5.91 Å². The molecule has 1 heterocycles. The maximum atomic E-state index is 11.8. The van der Waals surface area contributed by atoms with E-state index < -0.39 is 0 Å². The molecule has 1 atom stereocenters. The van der Waals surface area contributed by atoms with Crippen LogP contribution in [-0.4, -0.2) is 19.1 Å². The van der Waals surface area contributed by atoms with E-state index >= 15 is 0 Å². The Bertz CT molecular complexity index is 479. The molecule has 0 aromatic heterocycles. The number of carbonyl (C=O) groups is 1. The topological polar surface area (TPSA) is 38.3 Å². The van der Waals surface area contributed by atoms with E-state index in [-0.39, 0.29) is 5.91 Å². The minimum Gasteiger partial charge on any atom is -0.493 e. The number of allylic oxidation sites excluding steroid dienone is 1. The van der Waals surface area contributed by atoms with Gasteiger partial charge in [-0.3, -0.25) is 4.79 Å². The van der Waals surface area contributed by atoms with Gasteiger partial charge in [0.05, 0.1) is 6.61 Å². The van der Waals surface area contributed by atoms with Crippen molar-refractivity contribution in [2.45, 2.75) is 26.7 Å². The number of hydrogen-bond donors (Lipinski definition) is 1. The highest BCUT2D eigenvalue weighted by atomic mass is 16.5. The van der Waals surface area contributed by atoms with Gasteiger partial charge in [-0.15, -0.1) is 0 Å². The predicted molar refractivity (Wildman–Crippen MR) is 76.2 cm³/mol. The molecule has 0 radical (unpaired) electrons. The third-order valence-corrected chi connectivity index (χ3v) is 3.38. The van der Waals surface area contributed by atoms with Gasteiger partial charge in [0.15, 0.2) is 0 Å². The van der Waals surface area contributed by atoms with E-state index in [9.17, 15) is 4.79 Å². The standard InChI is InChI=1S/C16H21NO2/c1-3-6-12(2)16(18)17-10-13-9-14-7-4-5-8-15(14)19-11-13/h4-8,13H,3,9-11H2,1-2H3,(H,17,18). The Kier molecular flexibility index (Phi) is 4.61. The van der Waals surface area contributed by atoms with Crippen LogP contribution in [0.5, 0.6) is 5.75 Å². The van der Waals surface area contributed by atoms with Crippen LogP contribution in [0.1, 0.15) is 25.8 Å². The second kappa shape index (κ2) is 6.41. The van der Waals surface area contributed by atoms with E-state index in [0.717, 1.165) is 24.2 Å². The number of hydrogen-bond acceptors (Lipinski definition) is 2. The fraction of sp³-hybridized carbons (Fsp3) is 0.438. The van der Waals surface area contributed by atoms with Crippen molar-refractivity contribution in [3.05, 3.63) is 41.5 Å². The van der Waals surface area contributed by atoms with E-state index in [1.165, 1.54) is 5.56 Å². The maximum Gasteiger partial charge on any atom is 0.246 e. The van der Waals surface area contributed by atoms with Crippen molar-refractivity contribution in [1.29, 1.82) is 0 Å². The van der Waals surface area contributed by atoms with Gasteiger partial charge in [-0.1, -0.05) is 31.2 Å². The normalized spacial score (nSPS) is 18.4. The predicted octanol–water partition coefficient (Wildman–Crippen LogP) is 2.71. The van der Waals surface area contributed by atoms with Gasteiger partial charge >= 0.3 is 0 Å². The van der Waals surface area contributed by atoms with Crippen molar-refractivity contribution in [2.24, 2.45) is 5.92 Å². The molecule has 1 amide bonds. The summed E-state index contributed by atoms with van der Waals surface area (Å²) in [7, 11) is 0. The van der Waals surface area contributed by atoms with E-state index in [1.54, 1.807) is 0 Å². The van der Waals surface area contributed by atoms with Gasteiger partial charge in [0.1, 0.15) is 5.75 Å². The Morgan fingerprint density at radius 2 is 2.26 bits per heavy atom. The van der Waals surface area contributed by atoms with Crippen LogP contribution in [0.3, 0.4) is 0 Å². The second-order valence-corrected chi connectivity index (χ2v) is 4.99. The zero-order valence-corrected chi connectivity index (χ0v) is 11.6. The number of amides is 1. The number of ether oxygens (including phenoxy) is 1. The summed E-state index contributed by atoms with van der Waals surface area (Å²) in [6.45, 7) is 5.23. The molecular formula is C16H21NO2. The van der Waals surface area contributed by atoms with Crippen LogP contribution < -0.4 is 10.1 Å². The Morgan fingerprint density at radius 1 is 1.47 bits per heavy atom. The van der Waals surface area contributed by atoms with Crippen LogP contribution in [0.25, 0.3) is 0 Å². The Balaban J connectivity index is 1.86. The zero-order chi connectivity index (χ0) is 13.7. The van der Waals surface area contributed by atoms with Crippen molar-refractivity contribution in [3.8, 4) is 5.75 Å². The summed E-state index contributed by atoms with van der Waals surface area (Å²) >= 11 is 0. The summed E-state index contributed by atoms with van der Waals surface area (Å²) in [4.78, 5) is 11.8. The molecule has 1 unspecified atom stereocenters. The van der Waals surface area contributed by atoms with Gasteiger partial charge in [-0.05, 0) is 31.4 Å². The molecule has 1 aliphatic heterocycles. The summed E-state index contributed by atoms with van der Waals surface area (Å²) in [5.41, 5.74) is 2.02. The maximum absolute atomic E-state index is 11.8. The molecule has 2 rings (SSSR count). The van der Waals surface area contributed by atoms with Crippen molar-refractivity contribution < 1.29 is 9.53 Å². The molecular weight excluding hydrogens is 238 g/mol. The second-order valence-electron chi connectivity index (χ2n) is 4.99. The Morgan fingerprint density at radius 3 is 3.05 bits per heavy atom. The van der Waals surface area contributed by atoms with Crippen LogP contribution in [0.2, 0.25) is 0 Å². The highest BCUT2D eigenvalue weighted by Crippen LogP contribution is 2.26. The molecule has 3 nitrogen and oxygen atoms in total. The van der Waals surface area contributed by atoms with Gasteiger partial charge < -0.3 is 10.1 Å². The number of carbonyl (C=O) groups excluding carboxylic acids is 1. The molecule has 1 aromatic carbocycles. The molecule has 3 heteroatoms. The summed E-state index contributed by atoms with van der Waals surface area (Å²) in [6.07, 6.45) is 3.80. The Hall–Kier alpha value is -1.77. The first kappa shape index (κ1) is 13.7. The molecule has 0 saturated carbocycles. The van der Waals surface area contributed by atoms with Crippen LogP contribution in [-0.2, 0) is 11.2 Å².